The van der Waals surface area contributed by atoms with Gasteiger partial charge in [-0.2, -0.15) is 4.98 Å². The number of nitrogens with one attached hydrogen (secondary N) is 1. The van der Waals surface area contributed by atoms with Gasteiger partial charge in [0.05, 0.1) is 30.8 Å². The lowest BCUT2D eigenvalue weighted by Gasteiger charge is -2.16. The van der Waals surface area contributed by atoms with Crippen molar-refractivity contribution in [2.45, 2.75) is 13.8 Å². The van der Waals surface area contributed by atoms with Crippen LogP contribution >= 0.6 is 0 Å². The van der Waals surface area contributed by atoms with Gasteiger partial charge in [0.25, 0.3) is 5.56 Å². The number of aliphatic imine (C=N–C) groups is 1. The lowest BCUT2D eigenvalue weighted by atomic mass is 10.1. The zero-order chi connectivity index (χ0) is 23.4. The van der Waals surface area contributed by atoms with E-state index in [1.165, 1.54) is 0 Å². The molecule has 0 amide bonds. The van der Waals surface area contributed by atoms with Crippen molar-refractivity contribution in [1.82, 2.24) is 14.9 Å². The average molecular weight is 436 g/mol. The number of hydrogen-bond donors (Lipinski definition) is 1. The Morgan fingerprint density at radius 3 is 2.56 bits per heavy atom. The topological polar surface area (TPSA) is 83.0 Å². The number of methoxy groups -OCH3 is 2. The van der Waals surface area contributed by atoms with Gasteiger partial charge in [0.1, 0.15) is 5.84 Å². The molecule has 0 spiro atoms. The Kier molecular flexibility index (Phi) is 6.82. The second-order valence-corrected chi connectivity index (χ2v) is 7.60. The molecule has 0 unspecified atom stereocenters. The number of aromatic amines is 1. The highest BCUT2D eigenvalue weighted by atomic mass is 16.5. The fraction of sp³-hybridized carbons (Fsp3) is 0.292. The number of amidine groups is 1. The Labute approximate surface area is 187 Å². The summed E-state index contributed by atoms with van der Waals surface area (Å²) in [6.07, 6.45) is 3.79. The first-order chi connectivity index (χ1) is 15.2. The number of hydrogen-bond acceptors (Lipinski definition) is 6. The number of anilines is 1. The SMILES string of the molecule is COc1cc2[nH]c(N(C)/C=C/c3cccc(N=C(C)N(C)C)c3)nc(=O)c2c(C)c1OC. The van der Waals surface area contributed by atoms with E-state index in [9.17, 15) is 4.79 Å². The molecule has 1 N–H and O–H groups in total. The molecule has 3 rings (SSSR count). The van der Waals surface area contributed by atoms with Crippen LogP contribution in [0.25, 0.3) is 17.0 Å². The lowest BCUT2D eigenvalue weighted by Crippen LogP contribution is -2.19. The molecule has 168 valence electrons. The van der Waals surface area contributed by atoms with Gasteiger partial charge in [-0.15, -0.1) is 0 Å². The van der Waals surface area contributed by atoms with Crippen LogP contribution in [0.15, 0.2) is 46.3 Å². The molecule has 0 atom stereocenters. The quantitative estimate of drug-likeness (QED) is 0.466. The van der Waals surface area contributed by atoms with E-state index in [1.54, 1.807) is 25.2 Å². The molecule has 8 nitrogen and oxygen atoms in total. The van der Waals surface area contributed by atoms with E-state index in [4.69, 9.17) is 9.47 Å². The Bertz CT molecular complexity index is 1240. The Morgan fingerprint density at radius 1 is 1.16 bits per heavy atom. The summed E-state index contributed by atoms with van der Waals surface area (Å²) in [6.45, 7) is 3.78. The van der Waals surface area contributed by atoms with Gasteiger partial charge in [0, 0.05) is 39.0 Å². The number of H-pyrrole nitrogens is 1. The molecule has 32 heavy (non-hydrogen) atoms. The van der Waals surface area contributed by atoms with Crippen LogP contribution in [0.4, 0.5) is 11.6 Å². The van der Waals surface area contributed by atoms with Gasteiger partial charge in [-0.1, -0.05) is 12.1 Å². The summed E-state index contributed by atoms with van der Waals surface area (Å²) in [6, 6.07) is 9.65. The van der Waals surface area contributed by atoms with Crippen LogP contribution in [0.3, 0.4) is 0 Å². The van der Waals surface area contributed by atoms with Crippen molar-refractivity contribution < 1.29 is 9.47 Å². The van der Waals surface area contributed by atoms with E-state index in [2.05, 4.69) is 15.0 Å². The zero-order valence-corrected chi connectivity index (χ0v) is 19.6. The molecule has 0 saturated carbocycles. The van der Waals surface area contributed by atoms with Crippen molar-refractivity contribution in [3.05, 3.63) is 58.0 Å². The van der Waals surface area contributed by atoms with Gasteiger partial charge in [0.15, 0.2) is 11.5 Å². The first kappa shape index (κ1) is 22.9. The molecule has 1 heterocycles. The van der Waals surface area contributed by atoms with Crippen molar-refractivity contribution in [3.8, 4) is 11.5 Å². The summed E-state index contributed by atoms with van der Waals surface area (Å²) in [5.41, 5.74) is 2.84. The molecule has 3 aromatic rings. The second kappa shape index (κ2) is 9.55. The normalized spacial score (nSPS) is 11.8. The van der Waals surface area contributed by atoms with Crippen LogP contribution in [0, 0.1) is 6.92 Å². The van der Waals surface area contributed by atoms with E-state index in [1.807, 2.05) is 76.4 Å². The highest BCUT2D eigenvalue weighted by molar-refractivity contribution is 5.87. The number of aryl methyl sites for hydroxylation is 1. The summed E-state index contributed by atoms with van der Waals surface area (Å²) in [4.78, 5) is 28.5. The summed E-state index contributed by atoms with van der Waals surface area (Å²) < 4.78 is 10.8. The van der Waals surface area contributed by atoms with Crippen LogP contribution in [0.2, 0.25) is 0 Å². The van der Waals surface area contributed by atoms with Crippen molar-refractivity contribution in [2.24, 2.45) is 4.99 Å². The third-order valence-electron chi connectivity index (χ3n) is 5.21. The largest absolute Gasteiger partial charge is 0.493 e. The molecule has 2 aromatic carbocycles. The summed E-state index contributed by atoms with van der Waals surface area (Å²) in [5, 5.41) is 0.477. The van der Waals surface area contributed by atoms with E-state index in [0.29, 0.717) is 33.9 Å². The Morgan fingerprint density at radius 2 is 1.91 bits per heavy atom. The smallest absolute Gasteiger partial charge is 0.282 e. The minimum atomic E-state index is -0.331. The molecular weight excluding hydrogens is 406 g/mol. The summed E-state index contributed by atoms with van der Waals surface area (Å²) in [5.74, 6) is 2.42. The third-order valence-corrected chi connectivity index (χ3v) is 5.21. The van der Waals surface area contributed by atoms with Crippen molar-refractivity contribution >= 4 is 34.5 Å². The molecule has 0 aliphatic rings. The van der Waals surface area contributed by atoms with Gasteiger partial charge in [0.2, 0.25) is 5.95 Å². The predicted octanol–water partition coefficient (Wildman–Crippen LogP) is 3.97. The first-order valence-corrected chi connectivity index (χ1v) is 10.1. The number of ether oxygens (including phenoxy) is 2. The highest BCUT2D eigenvalue weighted by Crippen LogP contribution is 2.35. The van der Waals surface area contributed by atoms with Crippen molar-refractivity contribution in [3.63, 3.8) is 0 Å². The zero-order valence-electron chi connectivity index (χ0n) is 19.6. The molecule has 0 bridgehead atoms. The number of rotatable bonds is 6. The van der Waals surface area contributed by atoms with E-state index in [-0.39, 0.29) is 5.56 Å². The van der Waals surface area contributed by atoms with Crippen LogP contribution < -0.4 is 19.9 Å². The van der Waals surface area contributed by atoms with Crippen molar-refractivity contribution in [2.75, 3.05) is 40.3 Å². The minimum absolute atomic E-state index is 0.331. The van der Waals surface area contributed by atoms with Gasteiger partial charge in [-0.25, -0.2) is 4.99 Å². The molecule has 0 aliphatic heterocycles. The first-order valence-electron chi connectivity index (χ1n) is 10.1. The fourth-order valence-corrected chi connectivity index (χ4v) is 3.27. The molecule has 8 heteroatoms. The predicted molar refractivity (Wildman–Crippen MR) is 131 cm³/mol. The third kappa shape index (κ3) is 4.74. The molecule has 1 aromatic heterocycles. The molecule has 0 fully saturated rings. The molecule has 0 saturated heterocycles. The monoisotopic (exact) mass is 435 g/mol. The van der Waals surface area contributed by atoms with Crippen molar-refractivity contribution in [1.29, 1.82) is 0 Å². The maximum atomic E-state index is 12.8. The van der Waals surface area contributed by atoms with E-state index in [0.717, 1.165) is 17.1 Å². The second-order valence-electron chi connectivity index (χ2n) is 7.60. The maximum Gasteiger partial charge on any atom is 0.282 e. The summed E-state index contributed by atoms with van der Waals surface area (Å²) in [7, 11) is 8.86. The van der Waals surface area contributed by atoms with Gasteiger partial charge in [-0.3, -0.25) is 4.79 Å². The summed E-state index contributed by atoms with van der Waals surface area (Å²) >= 11 is 0. The van der Waals surface area contributed by atoms with Crippen LogP contribution in [-0.2, 0) is 0 Å². The molecule has 0 radical (unpaired) electrons. The number of benzene rings is 2. The fourth-order valence-electron chi connectivity index (χ4n) is 3.27. The van der Waals surface area contributed by atoms with Gasteiger partial charge in [-0.05, 0) is 37.6 Å². The average Bonchev–Trinajstić information content (AvgIpc) is 2.76. The standard InChI is InChI=1S/C24H29N5O3/c1-15-21-19(14-20(31-6)22(15)32-7)26-24(27-23(21)30)29(5)12-11-17-9-8-10-18(13-17)25-16(2)28(3)4/h8-14H,1-7H3,(H,26,27,30)/b12-11+,25-16?. The Hall–Kier alpha value is -3.81. The molecular formula is C24H29N5O3. The van der Waals surface area contributed by atoms with Gasteiger partial charge < -0.3 is 24.3 Å². The minimum Gasteiger partial charge on any atom is -0.493 e. The number of fused-ring (bicyclic) bond motifs is 1. The number of aromatic nitrogens is 2. The van der Waals surface area contributed by atoms with Crippen LogP contribution in [-0.4, -0.2) is 56.1 Å². The molecule has 0 aliphatic carbocycles. The lowest BCUT2D eigenvalue weighted by molar-refractivity contribution is 0.354. The van der Waals surface area contributed by atoms with Crippen LogP contribution in [0.5, 0.6) is 11.5 Å². The van der Waals surface area contributed by atoms with E-state index >= 15 is 0 Å². The maximum absolute atomic E-state index is 12.8. The number of nitrogens with zero attached hydrogens (tertiary/aromatic N) is 4. The highest BCUT2D eigenvalue weighted by Gasteiger charge is 2.16. The van der Waals surface area contributed by atoms with Gasteiger partial charge >= 0.3 is 0 Å². The van der Waals surface area contributed by atoms with Crippen LogP contribution in [0.1, 0.15) is 18.1 Å². The van der Waals surface area contributed by atoms with E-state index < -0.39 is 0 Å². The Balaban J connectivity index is 1.94.